The standard InChI is InChI=1S/C24H25N7O2/c1-16(2)31-15-25-29-23(31)19-10-6-11-20(26-19)27-24(32)17-8-5-9-18(14-17)33-22-13-7-12-21(28-22)30(3)4/h5-16H,1-4H3,(H,26,27,32). The van der Waals surface area contributed by atoms with Gasteiger partial charge in [0.15, 0.2) is 5.82 Å². The molecule has 168 valence electrons. The minimum Gasteiger partial charge on any atom is -0.439 e. The highest BCUT2D eigenvalue weighted by atomic mass is 16.5. The van der Waals surface area contributed by atoms with Crippen LogP contribution in [0, 0.1) is 0 Å². The first-order chi connectivity index (χ1) is 15.9. The van der Waals surface area contributed by atoms with Gasteiger partial charge in [-0.15, -0.1) is 10.2 Å². The van der Waals surface area contributed by atoms with E-state index < -0.39 is 0 Å². The van der Waals surface area contributed by atoms with E-state index in [0.717, 1.165) is 5.82 Å². The lowest BCUT2D eigenvalue weighted by atomic mass is 10.2. The first kappa shape index (κ1) is 21.9. The van der Waals surface area contributed by atoms with E-state index in [1.54, 1.807) is 42.7 Å². The molecule has 0 aliphatic rings. The first-order valence-electron chi connectivity index (χ1n) is 10.5. The largest absolute Gasteiger partial charge is 0.439 e. The van der Waals surface area contributed by atoms with Crippen LogP contribution < -0.4 is 15.0 Å². The average Bonchev–Trinajstić information content (AvgIpc) is 3.30. The van der Waals surface area contributed by atoms with Crippen molar-refractivity contribution in [3.8, 4) is 23.1 Å². The number of nitrogens with zero attached hydrogens (tertiary/aromatic N) is 6. The number of nitrogens with one attached hydrogen (secondary N) is 1. The smallest absolute Gasteiger partial charge is 0.256 e. The van der Waals surface area contributed by atoms with Gasteiger partial charge in [0.2, 0.25) is 5.88 Å². The van der Waals surface area contributed by atoms with Gasteiger partial charge < -0.3 is 19.5 Å². The van der Waals surface area contributed by atoms with Crippen LogP contribution in [0.2, 0.25) is 0 Å². The molecule has 0 fully saturated rings. The van der Waals surface area contributed by atoms with Gasteiger partial charge in [-0.25, -0.2) is 4.98 Å². The Balaban J connectivity index is 1.51. The van der Waals surface area contributed by atoms with Gasteiger partial charge in [0.25, 0.3) is 5.91 Å². The van der Waals surface area contributed by atoms with Crippen LogP contribution in [0.4, 0.5) is 11.6 Å². The molecule has 4 rings (SSSR count). The van der Waals surface area contributed by atoms with E-state index in [1.807, 2.05) is 61.7 Å². The summed E-state index contributed by atoms with van der Waals surface area (Å²) in [6.07, 6.45) is 1.67. The van der Waals surface area contributed by atoms with Gasteiger partial charge in [-0.2, -0.15) is 4.98 Å². The highest BCUT2D eigenvalue weighted by Crippen LogP contribution is 2.24. The van der Waals surface area contributed by atoms with E-state index in [4.69, 9.17) is 4.74 Å². The molecule has 3 aromatic heterocycles. The Morgan fingerprint density at radius 2 is 1.82 bits per heavy atom. The van der Waals surface area contributed by atoms with Gasteiger partial charge in [-0.05, 0) is 50.2 Å². The number of rotatable bonds is 7. The third-order valence-electron chi connectivity index (χ3n) is 4.83. The van der Waals surface area contributed by atoms with Crippen molar-refractivity contribution >= 4 is 17.5 Å². The van der Waals surface area contributed by atoms with Gasteiger partial charge in [-0.1, -0.05) is 18.2 Å². The Morgan fingerprint density at radius 3 is 2.61 bits per heavy atom. The second-order valence-corrected chi connectivity index (χ2v) is 7.88. The van der Waals surface area contributed by atoms with Crippen molar-refractivity contribution < 1.29 is 9.53 Å². The second kappa shape index (κ2) is 9.47. The number of anilines is 2. The van der Waals surface area contributed by atoms with Crippen LogP contribution in [0.1, 0.15) is 30.2 Å². The number of carbonyl (C=O) groups excluding carboxylic acids is 1. The van der Waals surface area contributed by atoms with Crippen molar-refractivity contribution in [1.82, 2.24) is 24.7 Å². The molecule has 0 radical (unpaired) electrons. The number of hydrogen-bond acceptors (Lipinski definition) is 7. The molecule has 9 nitrogen and oxygen atoms in total. The van der Waals surface area contributed by atoms with Crippen LogP contribution in [0.15, 0.2) is 67.0 Å². The summed E-state index contributed by atoms with van der Waals surface area (Å²) in [5, 5.41) is 11.0. The fourth-order valence-corrected chi connectivity index (χ4v) is 3.15. The Kier molecular flexibility index (Phi) is 6.30. The Bertz CT molecular complexity index is 1270. The molecule has 0 unspecified atom stereocenters. The predicted octanol–water partition coefficient (Wildman–Crippen LogP) is 4.43. The van der Waals surface area contributed by atoms with E-state index in [9.17, 15) is 4.79 Å². The molecule has 33 heavy (non-hydrogen) atoms. The minimum atomic E-state index is -0.301. The molecule has 0 aliphatic heterocycles. The minimum absolute atomic E-state index is 0.186. The second-order valence-electron chi connectivity index (χ2n) is 7.88. The number of pyridine rings is 2. The van der Waals surface area contributed by atoms with Crippen molar-refractivity contribution in [3.05, 3.63) is 72.6 Å². The highest BCUT2D eigenvalue weighted by molar-refractivity contribution is 6.04. The highest BCUT2D eigenvalue weighted by Gasteiger charge is 2.14. The molecule has 4 aromatic rings. The normalized spacial score (nSPS) is 10.8. The quantitative estimate of drug-likeness (QED) is 0.451. The molecule has 1 amide bonds. The van der Waals surface area contributed by atoms with Gasteiger partial charge in [-0.3, -0.25) is 4.79 Å². The molecule has 3 heterocycles. The van der Waals surface area contributed by atoms with Gasteiger partial charge in [0, 0.05) is 31.8 Å². The summed E-state index contributed by atoms with van der Waals surface area (Å²) >= 11 is 0. The van der Waals surface area contributed by atoms with Crippen molar-refractivity contribution in [3.63, 3.8) is 0 Å². The predicted molar refractivity (Wildman–Crippen MR) is 127 cm³/mol. The zero-order valence-corrected chi connectivity index (χ0v) is 18.9. The zero-order chi connectivity index (χ0) is 23.4. The van der Waals surface area contributed by atoms with Crippen molar-refractivity contribution in [2.24, 2.45) is 0 Å². The van der Waals surface area contributed by atoms with Crippen LogP contribution in [0.5, 0.6) is 11.6 Å². The number of ether oxygens (including phenoxy) is 1. The maximum Gasteiger partial charge on any atom is 0.256 e. The number of carbonyl (C=O) groups is 1. The van der Waals surface area contributed by atoms with E-state index in [1.165, 1.54) is 0 Å². The monoisotopic (exact) mass is 443 g/mol. The average molecular weight is 444 g/mol. The van der Waals surface area contributed by atoms with Crippen molar-refractivity contribution in [2.75, 3.05) is 24.3 Å². The summed E-state index contributed by atoms with van der Waals surface area (Å²) in [6, 6.07) is 18.0. The van der Waals surface area contributed by atoms with Crippen LogP contribution in [0.3, 0.4) is 0 Å². The SMILES string of the molecule is CC(C)n1cnnc1-c1cccc(NC(=O)c2cccc(Oc3cccc(N(C)C)n3)c2)n1. The lowest BCUT2D eigenvalue weighted by molar-refractivity contribution is 0.102. The lowest BCUT2D eigenvalue weighted by Gasteiger charge is -2.13. The lowest BCUT2D eigenvalue weighted by Crippen LogP contribution is -2.13. The fraction of sp³-hybridized carbons (Fsp3) is 0.208. The molecule has 0 spiro atoms. The molecule has 9 heteroatoms. The topological polar surface area (TPSA) is 98.1 Å². The van der Waals surface area contributed by atoms with Crippen LogP contribution in [0.25, 0.3) is 11.5 Å². The van der Waals surface area contributed by atoms with E-state index in [2.05, 4.69) is 25.5 Å². The van der Waals surface area contributed by atoms with E-state index in [-0.39, 0.29) is 11.9 Å². The molecule has 0 bridgehead atoms. The molecule has 1 N–H and O–H groups in total. The summed E-state index contributed by atoms with van der Waals surface area (Å²) in [5.41, 5.74) is 1.07. The maximum atomic E-state index is 12.9. The number of benzene rings is 1. The summed E-state index contributed by atoms with van der Waals surface area (Å²) in [6.45, 7) is 4.08. The molecule has 0 saturated carbocycles. The number of aromatic nitrogens is 5. The Morgan fingerprint density at radius 1 is 1.03 bits per heavy atom. The fourth-order valence-electron chi connectivity index (χ4n) is 3.15. The third-order valence-corrected chi connectivity index (χ3v) is 4.83. The van der Waals surface area contributed by atoms with Gasteiger partial charge >= 0.3 is 0 Å². The van der Waals surface area contributed by atoms with Crippen LogP contribution in [-0.2, 0) is 0 Å². The van der Waals surface area contributed by atoms with Gasteiger partial charge in [0.05, 0.1) is 0 Å². The third kappa shape index (κ3) is 5.15. The molecule has 1 aromatic carbocycles. The number of amides is 1. The van der Waals surface area contributed by atoms with E-state index >= 15 is 0 Å². The summed E-state index contributed by atoms with van der Waals surface area (Å²) in [5.74, 6) is 2.50. The summed E-state index contributed by atoms with van der Waals surface area (Å²) in [4.78, 5) is 23.7. The van der Waals surface area contributed by atoms with Crippen LogP contribution in [-0.4, -0.2) is 44.7 Å². The summed E-state index contributed by atoms with van der Waals surface area (Å²) < 4.78 is 7.79. The Hall–Kier alpha value is -4.27. The molecule has 0 atom stereocenters. The van der Waals surface area contributed by atoms with Crippen molar-refractivity contribution in [2.45, 2.75) is 19.9 Å². The van der Waals surface area contributed by atoms with Crippen molar-refractivity contribution in [1.29, 1.82) is 0 Å². The van der Waals surface area contributed by atoms with Gasteiger partial charge in [0.1, 0.15) is 29.4 Å². The number of hydrogen-bond donors (Lipinski definition) is 1. The molecule has 0 aliphatic carbocycles. The van der Waals surface area contributed by atoms with Crippen LogP contribution >= 0.6 is 0 Å². The first-order valence-corrected chi connectivity index (χ1v) is 10.5. The maximum absolute atomic E-state index is 12.9. The molecular formula is C24H25N7O2. The Labute approximate surface area is 192 Å². The van der Waals surface area contributed by atoms with E-state index in [0.29, 0.717) is 34.5 Å². The summed E-state index contributed by atoms with van der Waals surface area (Å²) in [7, 11) is 3.82. The molecular weight excluding hydrogens is 418 g/mol. The zero-order valence-electron chi connectivity index (χ0n) is 18.9. The molecule has 0 saturated heterocycles.